The summed E-state index contributed by atoms with van der Waals surface area (Å²) in [6, 6.07) is 2.17. The minimum Gasteiger partial charge on any atom is -0.495 e. The van der Waals surface area contributed by atoms with E-state index in [0.717, 1.165) is 18.6 Å². The molecule has 0 aliphatic carbocycles. The van der Waals surface area contributed by atoms with Crippen LogP contribution >= 0.6 is 0 Å². The lowest BCUT2D eigenvalue weighted by Gasteiger charge is -2.15. The molecule has 0 aromatic heterocycles. The lowest BCUT2D eigenvalue weighted by molar-refractivity contribution is -0.122. The van der Waals surface area contributed by atoms with Gasteiger partial charge in [0.15, 0.2) is 0 Å². The molecule has 1 aromatic rings. The van der Waals surface area contributed by atoms with Crippen LogP contribution in [0.1, 0.15) is 20.3 Å². The second-order valence-electron chi connectivity index (χ2n) is 4.43. The van der Waals surface area contributed by atoms with E-state index in [0.29, 0.717) is 6.54 Å². The summed E-state index contributed by atoms with van der Waals surface area (Å²) in [4.78, 5) is 11.3. The van der Waals surface area contributed by atoms with Crippen molar-refractivity contribution >= 4 is 15.9 Å². The van der Waals surface area contributed by atoms with Gasteiger partial charge in [-0.15, -0.1) is 0 Å². The van der Waals surface area contributed by atoms with Gasteiger partial charge in [-0.2, -0.15) is 4.72 Å². The number of sulfonamides is 1. The zero-order chi connectivity index (χ0) is 16.0. The van der Waals surface area contributed by atoms with E-state index in [1.165, 1.54) is 20.1 Å². The van der Waals surface area contributed by atoms with Gasteiger partial charge in [-0.05, 0) is 31.5 Å². The Hall–Kier alpha value is -1.67. The molecule has 0 fully saturated rings. The van der Waals surface area contributed by atoms with Crippen LogP contribution in [-0.4, -0.2) is 34.0 Å². The number of ether oxygens (including phenoxy) is 1. The Bertz CT molecular complexity index is 604. The van der Waals surface area contributed by atoms with Crippen LogP contribution in [0.2, 0.25) is 0 Å². The van der Waals surface area contributed by atoms with Crippen molar-refractivity contribution in [2.24, 2.45) is 0 Å². The Morgan fingerprint density at radius 2 is 2.10 bits per heavy atom. The van der Waals surface area contributed by atoms with Crippen molar-refractivity contribution in [2.75, 3.05) is 13.7 Å². The van der Waals surface area contributed by atoms with Crippen LogP contribution in [0.15, 0.2) is 23.1 Å². The molecule has 1 atom stereocenters. The standard InChI is InChI=1S/C13H19FN2O4S/c1-4-7-15-13(17)9(2)16-21(18,19)12-8-10(14)5-6-11(12)20-3/h5-6,8-9,16H,4,7H2,1-3H3,(H,15,17). The monoisotopic (exact) mass is 318 g/mol. The van der Waals surface area contributed by atoms with E-state index in [1.54, 1.807) is 0 Å². The summed E-state index contributed by atoms with van der Waals surface area (Å²) in [6.45, 7) is 3.75. The number of rotatable bonds is 7. The summed E-state index contributed by atoms with van der Waals surface area (Å²) < 4.78 is 44.8. The Morgan fingerprint density at radius 3 is 2.67 bits per heavy atom. The molecule has 0 spiro atoms. The van der Waals surface area contributed by atoms with E-state index in [2.05, 4.69) is 10.0 Å². The second kappa shape index (κ2) is 7.37. The molecule has 0 saturated heterocycles. The smallest absolute Gasteiger partial charge is 0.245 e. The van der Waals surface area contributed by atoms with Gasteiger partial charge >= 0.3 is 0 Å². The SMILES string of the molecule is CCCNC(=O)C(C)NS(=O)(=O)c1cc(F)ccc1OC. The van der Waals surface area contributed by atoms with Crippen molar-refractivity contribution in [1.29, 1.82) is 0 Å². The maximum Gasteiger partial charge on any atom is 0.245 e. The summed E-state index contributed by atoms with van der Waals surface area (Å²) in [5.41, 5.74) is 0. The van der Waals surface area contributed by atoms with Crippen molar-refractivity contribution in [3.05, 3.63) is 24.0 Å². The van der Waals surface area contributed by atoms with Gasteiger partial charge < -0.3 is 10.1 Å². The molecule has 1 amide bonds. The maximum atomic E-state index is 13.2. The number of benzene rings is 1. The lowest BCUT2D eigenvalue weighted by atomic mass is 10.3. The van der Waals surface area contributed by atoms with E-state index in [9.17, 15) is 17.6 Å². The third kappa shape index (κ3) is 4.68. The highest BCUT2D eigenvalue weighted by atomic mass is 32.2. The van der Waals surface area contributed by atoms with Crippen molar-refractivity contribution in [2.45, 2.75) is 31.2 Å². The Morgan fingerprint density at radius 1 is 1.43 bits per heavy atom. The van der Waals surface area contributed by atoms with Crippen LogP contribution in [0.4, 0.5) is 4.39 Å². The topological polar surface area (TPSA) is 84.5 Å². The zero-order valence-corrected chi connectivity index (χ0v) is 13.0. The van der Waals surface area contributed by atoms with E-state index in [1.807, 2.05) is 6.92 Å². The molecule has 6 nitrogen and oxygen atoms in total. The molecule has 1 aromatic carbocycles. The molecule has 0 aliphatic rings. The molecule has 8 heteroatoms. The first-order valence-corrected chi connectivity index (χ1v) is 7.93. The summed E-state index contributed by atoms with van der Waals surface area (Å²) in [5, 5.41) is 2.57. The molecular formula is C13H19FN2O4S. The number of carbonyl (C=O) groups is 1. The summed E-state index contributed by atoms with van der Waals surface area (Å²) in [6.07, 6.45) is 0.739. The fourth-order valence-electron chi connectivity index (χ4n) is 1.61. The molecule has 0 aliphatic heterocycles. The normalized spacial score (nSPS) is 12.8. The number of halogens is 1. The zero-order valence-electron chi connectivity index (χ0n) is 12.1. The van der Waals surface area contributed by atoms with Crippen molar-refractivity contribution in [1.82, 2.24) is 10.0 Å². The first-order valence-electron chi connectivity index (χ1n) is 6.45. The molecular weight excluding hydrogens is 299 g/mol. The molecule has 21 heavy (non-hydrogen) atoms. The highest BCUT2D eigenvalue weighted by molar-refractivity contribution is 7.89. The Labute approximate surface area is 123 Å². The first kappa shape index (κ1) is 17.4. The molecule has 1 rings (SSSR count). The van der Waals surface area contributed by atoms with Gasteiger partial charge in [0.05, 0.1) is 13.2 Å². The molecule has 1 unspecified atom stereocenters. The molecule has 0 bridgehead atoms. The van der Waals surface area contributed by atoms with Crippen LogP contribution in [-0.2, 0) is 14.8 Å². The fourth-order valence-corrected chi connectivity index (χ4v) is 2.99. The van der Waals surface area contributed by atoms with Crippen LogP contribution in [0.5, 0.6) is 5.75 Å². The lowest BCUT2D eigenvalue weighted by Crippen LogP contribution is -2.44. The molecule has 0 saturated carbocycles. The van der Waals surface area contributed by atoms with Crippen molar-refractivity contribution in [3.8, 4) is 5.75 Å². The largest absolute Gasteiger partial charge is 0.495 e. The number of hydrogen-bond acceptors (Lipinski definition) is 4. The van der Waals surface area contributed by atoms with E-state index in [4.69, 9.17) is 4.74 Å². The summed E-state index contributed by atoms with van der Waals surface area (Å²) >= 11 is 0. The van der Waals surface area contributed by atoms with E-state index in [-0.39, 0.29) is 10.6 Å². The van der Waals surface area contributed by atoms with E-state index >= 15 is 0 Å². The van der Waals surface area contributed by atoms with E-state index < -0.39 is 27.8 Å². The molecule has 0 radical (unpaired) electrons. The van der Waals surface area contributed by atoms with Gasteiger partial charge in [0.25, 0.3) is 0 Å². The van der Waals surface area contributed by atoms with Gasteiger partial charge in [-0.1, -0.05) is 6.92 Å². The highest BCUT2D eigenvalue weighted by Crippen LogP contribution is 2.24. The predicted molar refractivity (Wildman–Crippen MR) is 76.0 cm³/mol. The fraction of sp³-hybridized carbons (Fsp3) is 0.462. The summed E-state index contributed by atoms with van der Waals surface area (Å²) in [5.74, 6) is -1.15. The van der Waals surface area contributed by atoms with Crippen LogP contribution in [0.25, 0.3) is 0 Å². The average Bonchev–Trinajstić information content (AvgIpc) is 2.44. The van der Waals surface area contributed by atoms with Gasteiger partial charge in [-0.25, -0.2) is 12.8 Å². The van der Waals surface area contributed by atoms with Crippen LogP contribution in [0, 0.1) is 5.82 Å². The summed E-state index contributed by atoms with van der Waals surface area (Å²) in [7, 11) is -2.79. The first-order chi connectivity index (χ1) is 9.81. The van der Waals surface area contributed by atoms with Gasteiger partial charge in [0.2, 0.25) is 15.9 Å². The third-order valence-corrected chi connectivity index (χ3v) is 4.25. The highest BCUT2D eigenvalue weighted by Gasteiger charge is 2.25. The van der Waals surface area contributed by atoms with Gasteiger partial charge in [0.1, 0.15) is 16.5 Å². The molecule has 2 N–H and O–H groups in total. The Balaban J connectivity index is 2.96. The van der Waals surface area contributed by atoms with Crippen molar-refractivity contribution in [3.63, 3.8) is 0 Å². The minimum absolute atomic E-state index is 0.00469. The minimum atomic E-state index is -4.07. The molecule has 118 valence electrons. The predicted octanol–water partition coefficient (Wildman–Crippen LogP) is 1.03. The third-order valence-electron chi connectivity index (χ3n) is 2.69. The number of hydrogen-bond donors (Lipinski definition) is 2. The second-order valence-corrected chi connectivity index (χ2v) is 6.11. The van der Waals surface area contributed by atoms with Gasteiger partial charge in [0, 0.05) is 6.54 Å². The molecule has 0 heterocycles. The number of carbonyl (C=O) groups excluding carboxylic acids is 1. The average molecular weight is 318 g/mol. The van der Waals surface area contributed by atoms with Gasteiger partial charge in [-0.3, -0.25) is 4.79 Å². The van der Waals surface area contributed by atoms with Crippen LogP contribution in [0.3, 0.4) is 0 Å². The number of methoxy groups -OCH3 is 1. The quantitative estimate of drug-likeness (QED) is 0.786. The number of nitrogens with one attached hydrogen (secondary N) is 2. The Kier molecular flexibility index (Phi) is 6.10. The number of amides is 1. The van der Waals surface area contributed by atoms with Crippen LogP contribution < -0.4 is 14.8 Å². The maximum absolute atomic E-state index is 13.2. The van der Waals surface area contributed by atoms with Crippen molar-refractivity contribution < 1.29 is 22.3 Å².